The van der Waals surface area contributed by atoms with Gasteiger partial charge in [0.15, 0.2) is 0 Å². The van der Waals surface area contributed by atoms with E-state index in [-0.39, 0.29) is 3.92 Å². The third-order valence-corrected chi connectivity index (χ3v) is 4.31. The predicted molar refractivity (Wildman–Crippen MR) is 76.2 cm³/mol. The normalized spacial score (nSPS) is 25.5. The molecule has 2 saturated heterocycles. The van der Waals surface area contributed by atoms with E-state index < -0.39 is 0 Å². The van der Waals surface area contributed by atoms with Gasteiger partial charge >= 0.3 is 0 Å². The Bertz CT molecular complexity index is 272. The van der Waals surface area contributed by atoms with Crippen LogP contribution < -0.4 is 0 Å². The summed E-state index contributed by atoms with van der Waals surface area (Å²) in [7, 11) is 3.73. The molecule has 1 unspecified atom stereocenters. The maximum absolute atomic E-state index is 11.0. The molecule has 2 fully saturated rings. The third-order valence-electron chi connectivity index (χ3n) is 3.16. The van der Waals surface area contributed by atoms with E-state index in [1.165, 1.54) is 6.42 Å². The average Bonchev–Trinajstić information content (AvgIpc) is 2.31. The molecule has 0 aromatic heterocycles. The van der Waals surface area contributed by atoms with Gasteiger partial charge in [-0.1, -0.05) is 22.6 Å². The highest BCUT2D eigenvalue weighted by molar-refractivity contribution is 14.1. The van der Waals surface area contributed by atoms with Crippen LogP contribution in [0.15, 0.2) is 0 Å². The number of hydrogen-bond acceptors (Lipinski definition) is 2. The molecule has 2 aliphatic rings. The summed E-state index contributed by atoms with van der Waals surface area (Å²) in [5.41, 5.74) is 0. The fourth-order valence-electron chi connectivity index (χ4n) is 1.92. The van der Waals surface area contributed by atoms with E-state index in [9.17, 15) is 9.59 Å². The van der Waals surface area contributed by atoms with Crippen molar-refractivity contribution >= 4 is 34.4 Å². The summed E-state index contributed by atoms with van der Waals surface area (Å²) in [4.78, 5) is 25.4. The van der Waals surface area contributed by atoms with Crippen LogP contribution in [0.3, 0.4) is 0 Å². The lowest BCUT2D eigenvalue weighted by molar-refractivity contribution is -0.132. The number of nitrogens with zero attached hydrogens (tertiary/aromatic N) is 2. The lowest BCUT2D eigenvalue weighted by Crippen LogP contribution is -2.38. The molecule has 5 heteroatoms. The Kier molecular flexibility index (Phi) is 6.22. The highest BCUT2D eigenvalue weighted by atomic mass is 127. The van der Waals surface area contributed by atoms with Crippen molar-refractivity contribution in [3.8, 4) is 0 Å². The van der Waals surface area contributed by atoms with Crippen LogP contribution in [0.1, 0.15) is 32.1 Å². The molecule has 2 amide bonds. The summed E-state index contributed by atoms with van der Waals surface area (Å²) >= 11 is 2.21. The highest BCUT2D eigenvalue weighted by Crippen LogP contribution is 2.16. The molecular weight excluding hydrogens is 331 g/mol. The molecule has 98 valence electrons. The van der Waals surface area contributed by atoms with Gasteiger partial charge < -0.3 is 9.80 Å². The number of hydrogen-bond donors (Lipinski definition) is 0. The molecule has 4 nitrogen and oxygen atoms in total. The van der Waals surface area contributed by atoms with Crippen molar-refractivity contribution in [1.82, 2.24) is 9.80 Å². The predicted octanol–water partition coefficient (Wildman–Crippen LogP) is 1.67. The van der Waals surface area contributed by atoms with Gasteiger partial charge in [0.05, 0.1) is 3.92 Å². The van der Waals surface area contributed by atoms with Gasteiger partial charge in [-0.2, -0.15) is 0 Å². The van der Waals surface area contributed by atoms with E-state index in [0.717, 1.165) is 38.8 Å². The standard InChI is InChI=1S/C6H10INO.C6H11NO/c1-8-4-2-3-5(7)6(8)9;1-7-5-3-2-4-6(7)8/h5H,2-4H2,1H3;2-5H2,1H3. The molecule has 0 radical (unpaired) electrons. The Hall–Kier alpha value is -0.330. The Morgan fingerprint density at radius 2 is 1.71 bits per heavy atom. The number of rotatable bonds is 0. The first-order chi connectivity index (χ1) is 8.02. The summed E-state index contributed by atoms with van der Waals surface area (Å²) in [6.07, 6.45) is 5.25. The number of amides is 2. The van der Waals surface area contributed by atoms with Gasteiger partial charge in [-0.05, 0) is 25.7 Å². The number of alkyl halides is 1. The summed E-state index contributed by atoms with van der Waals surface area (Å²) in [6, 6.07) is 0. The molecule has 2 aliphatic heterocycles. The Balaban J connectivity index is 0.000000171. The van der Waals surface area contributed by atoms with E-state index in [2.05, 4.69) is 22.6 Å². The quantitative estimate of drug-likeness (QED) is 0.492. The molecule has 0 aromatic carbocycles. The number of likely N-dealkylation sites (tertiary alicyclic amines) is 2. The van der Waals surface area contributed by atoms with Gasteiger partial charge in [-0.25, -0.2) is 0 Å². The Morgan fingerprint density at radius 3 is 2.12 bits per heavy atom. The average molecular weight is 352 g/mol. The van der Waals surface area contributed by atoms with E-state index in [4.69, 9.17) is 0 Å². The monoisotopic (exact) mass is 352 g/mol. The second-order valence-corrected chi connectivity index (χ2v) is 6.15. The maximum Gasteiger partial charge on any atom is 0.235 e. The smallest absolute Gasteiger partial charge is 0.235 e. The molecule has 2 rings (SSSR count). The minimum atomic E-state index is 0.237. The van der Waals surface area contributed by atoms with E-state index in [0.29, 0.717) is 11.8 Å². The second-order valence-electron chi connectivity index (χ2n) is 4.64. The maximum atomic E-state index is 11.0. The lowest BCUT2D eigenvalue weighted by Gasteiger charge is -2.25. The molecule has 0 spiro atoms. The number of carbonyl (C=O) groups excluding carboxylic acids is 2. The van der Waals surface area contributed by atoms with Crippen LogP contribution in [0.5, 0.6) is 0 Å². The molecule has 0 aromatic rings. The van der Waals surface area contributed by atoms with Crippen molar-refractivity contribution in [2.45, 2.75) is 36.0 Å². The molecule has 0 bridgehead atoms. The Morgan fingerprint density at radius 1 is 1.06 bits per heavy atom. The highest BCUT2D eigenvalue weighted by Gasteiger charge is 2.22. The number of piperidine rings is 2. The first-order valence-electron chi connectivity index (χ1n) is 6.15. The SMILES string of the molecule is CN1CCCC(I)C1=O.CN1CCCCC1=O. The summed E-state index contributed by atoms with van der Waals surface area (Å²) in [5.74, 6) is 0.595. The zero-order chi connectivity index (χ0) is 12.8. The third kappa shape index (κ3) is 4.81. The van der Waals surface area contributed by atoms with Crippen molar-refractivity contribution < 1.29 is 9.59 Å². The van der Waals surface area contributed by atoms with Crippen LogP contribution in [0.4, 0.5) is 0 Å². The zero-order valence-electron chi connectivity index (χ0n) is 10.6. The van der Waals surface area contributed by atoms with Crippen LogP contribution >= 0.6 is 22.6 Å². The lowest BCUT2D eigenvalue weighted by atomic mass is 10.1. The van der Waals surface area contributed by atoms with Crippen LogP contribution in [-0.4, -0.2) is 52.7 Å². The molecule has 2 heterocycles. The van der Waals surface area contributed by atoms with Crippen LogP contribution in [0.2, 0.25) is 0 Å². The van der Waals surface area contributed by atoms with Gasteiger partial charge in [0.2, 0.25) is 11.8 Å². The minimum Gasteiger partial charge on any atom is -0.346 e. The van der Waals surface area contributed by atoms with Gasteiger partial charge in [0, 0.05) is 33.6 Å². The molecule has 17 heavy (non-hydrogen) atoms. The van der Waals surface area contributed by atoms with Crippen LogP contribution in [0, 0.1) is 0 Å². The molecule has 0 saturated carbocycles. The van der Waals surface area contributed by atoms with Crippen molar-refractivity contribution in [2.75, 3.05) is 27.2 Å². The number of halogens is 1. The van der Waals surface area contributed by atoms with Gasteiger partial charge in [-0.15, -0.1) is 0 Å². The topological polar surface area (TPSA) is 40.6 Å². The number of carbonyl (C=O) groups is 2. The van der Waals surface area contributed by atoms with Crippen molar-refractivity contribution in [3.05, 3.63) is 0 Å². The fraction of sp³-hybridized carbons (Fsp3) is 0.833. The van der Waals surface area contributed by atoms with E-state index >= 15 is 0 Å². The van der Waals surface area contributed by atoms with Gasteiger partial charge in [-0.3, -0.25) is 9.59 Å². The zero-order valence-corrected chi connectivity index (χ0v) is 12.8. The summed E-state index contributed by atoms with van der Waals surface area (Å²) < 4.78 is 0.237. The minimum absolute atomic E-state index is 0.237. The Labute approximate surface area is 117 Å². The molecular formula is C12H21IN2O2. The fourth-order valence-corrected chi connectivity index (χ4v) is 2.84. The van der Waals surface area contributed by atoms with E-state index in [1.807, 2.05) is 14.1 Å². The van der Waals surface area contributed by atoms with Crippen molar-refractivity contribution in [2.24, 2.45) is 0 Å². The van der Waals surface area contributed by atoms with Crippen LogP contribution in [-0.2, 0) is 9.59 Å². The van der Waals surface area contributed by atoms with Crippen molar-refractivity contribution in [1.29, 1.82) is 0 Å². The van der Waals surface area contributed by atoms with Crippen LogP contribution in [0.25, 0.3) is 0 Å². The molecule has 1 atom stereocenters. The summed E-state index contributed by atoms with van der Waals surface area (Å²) in [6.45, 7) is 1.90. The van der Waals surface area contributed by atoms with Gasteiger partial charge in [0.25, 0.3) is 0 Å². The molecule has 0 aliphatic carbocycles. The summed E-state index contributed by atoms with van der Waals surface area (Å²) in [5, 5.41) is 0. The second kappa shape index (κ2) is 7.18. The van der Waals surface area contributed by atoms with Gasteiger partial charge in [0.1, 0.15) is 0 Å². The van der Waals surface area contributed by atoms with E-state index in [1.54, 1.807) is 9.80 Å². The first kappa shape index (κ1) is 14.7. The van der Waals surface area contributed by atoms with Crippen molar-refractivity contribution in [3.63, 3.8) is 0 Å². The molecule has 0 N–H and O–H groups in total. The first-order valence-corrected chi connectivity index (χ1v) is 7.40. The largest absolute Gasteiger partial charge is 0.346 e.